The van der Waals surface area contributed by atoms with Crippen molar-refractivity contribution >= 4 is 11.8 Å². The molecule has 2 saturated heterocycles. The Balaban J connectivity index is 1.32. The lowest BCUT2D eigenvalue weighted by molar-refractivity contribution is -0.163. The Morgan fingerprint density at radius 3 is 2.39 bits per heavy atom. The standard InChI is InChI=1S/C23H30N2O3/c26-21(24-11-4-12-24)16-19-15-18-5-1-2-8-20(18)23(28-19)9-13-25(14-10-23)22(27)17-6-3-7-17/h1-2,5,8,17,19H,3-4,6-7,9-16H2. The molecule has 28 heavy (non-hydrogen) atoms. The summed E-state index contributed by atoms with van der Waals surface area (Å²) in [5, 5.41) is 0. The fourth-order valence-corrected chi connectivity index (χ4v) is 5.20. The van der Waals surface area contributed by atoms with Crippen molar-refractivity contribution in [1.29, 1.82) is 0 Å². The summed E-state index contributed by atoms with van der Waals surface area (Å²) in [6.45, 7) is 3.31. The van der Waals surface area contributed by atoms with E-state index < -0.39 is 0 Å². The number of ether oxygens (including phenoxy) is 1. The molecule has 2 amide bonds. The molecular weight excluding hydrogens is 352 g/mol. The predicted molar refractivity (Wildman–Crippen MR) is 106 cm³/mol. The maximum atomic E-state index is 12.7. The highest BCUT2D eigenvalue weighted by Gasteiger charge is 2.45. The van der Waals surface area contributed by atoms with E-state index in [1.807, 2.05) is 4.90 Å². The molecule has 5 nitrogen and oxygen atoms in total. The van der Waals surface area contributed by atoms with Crippen LogP contribution >= 0.6 is 0 Å². The van der Waals surface area contributed by atoms with Crippen molar-refractivity contribution in [2.45, 2.75) is 63.1 Å². The van der Waals surface area contributed by atoms with Crippen molar-refractivity contribution in [2.24, 2.45) is 5.92 Å². The van der Waals surface area contributed by atoms with Crippen LogP contribution < -0.4 is 0 Å². The Hall–Kier alpha value is -1.88. The minimum atomic E-state index is -0.342. The van der Waals surface area contributed by atoms with Gasteiger partial charge in [-0.15, -0.1) is 0 Å². The van der Waals surface area contributed by atoms with Gasteiger partial charge in [0, 0.05) is 32.1 Å². The molecule has 3 heterocycles. The quantitative estimate of drug-likeness (QED) is 0.808. The van der Waals surface area contributed by atoms with Gasteiger partial charge in [0.05, 0.1) is 18.1 Å². The molecule has 1 saturated carbocycles. The van der Waals surface area contributed by atoms with E-state index in [9.17, 15) is 9.59 Å². The van der Waals surface area contributed by atoms with Gasteiger partial charge in [-0.25, -0.2) is 0 Å². The van der Waals surface area contributed by atoms with Gasteiger partial charge in [-0.2, -0.15) is 0 Å². The smallest absolute Gasteiger partial charge is 0.225 e. The van der Waals surface area contributed by atoms with Gasteiger partial charge in [-0.1, -0.05) is 30.7 Å². The maximum Gasteiger partial charge on any atom is 0.225 e. The lowest BCUT2D eigenvalue weighted by atomic mass is 9.77. The van der Waals surface area contributed by atoms with Gasteiger partial charge in [0.2, 0.25) is 11.8 Å². The number of amides is 2. The molecule has 0 aromatic heterocycles. The van der Waals surface area contributed by atoms with Crippen molar-refractivity contribution in [1.82, 2.24) is 9.80 Å². The second kappa shape index (κ2) is 7.18. The minimum Gasteiger partial charge on any atom is -0.366 e. The van der Waals surface area contributed by atoms with E-state index in [2.05, 4.69) is 29.2 Å². The van der Waals surface area contributed by atoms with Gasteiger partial charge in [0.15, 0.2) is 0 Å². The molecule has 0 bridgehead atoms. The number of benzene rings is 1. The van der Waals surface area contributed by atoms with E-state index in [-0.39, 0.29) is 23.5 Å². The number of carbonyl (C=O) groups excluding carboxylic acids is 2. The van der Waals surface area contributed by atoms with E-state index in [4.69, 9.17) is 4.74 Å². The van der Waals surface area contributed by atoms with Crippen LogP contribution in [0.1, 0.15) is 56.1 Å². The molecule has 1 spiro atoms. The van der Waals surface area contributed by atoms with Crippen molar-refractivity contribution in [3.8, 4) is 0 Å². The first-order valence-electron chi connectivity index (χ1n) is 11.0. The Morgan fingerprint density at radius 1 is 1.00 bits per heavy atom. The third kappa shape index (κ3) is 3.14. The van der Waals surface area contributed by atoms with Crippen LogP contribution in [0.5, 0.6) is 0 Å². The summed E-state index contributed by atoms with van der Waals surface area (Å²) < 4.78 is 6.67. The molecule has 5 heteroatoms. The van der Waals surface area contributed by atoms with E-state index in [0.717, 1.165) is 64.7 Å². The summed E-state index contributed by atoms with van der Waals surface area (Å²) >= 11 is 0. The van der Waals surface area contributed by atoms with Crippen molar-refractivity contribution in [3.05, 3.63) is 35.4 Å². The highest BCUT2D eigenvalue weighted by atomic mass is 16.5. The van der Waals surface area contributed by atoms with Crippen molar-refractivity contribution in [3.63, 3.8) is 0 Å². The van der Waals surface area contributed by atoms with Gasteiger partial charge in [-0.3, -0.25) is 9.59 Å². The Morgan fingerprint density at radius 2 is 1.75 bits per heavy atom. The normalized spacial score (nSPS) is 26.4. The average Bonchev–Trinajstić information content (AvgIpc) is 2.59. The summed E-state index contributed by atoms with van der Waals surface area (Å²) in [5.41, 5.74) is 2.25. The van der Waals surface area contributed by atoms with Gasteiger partial charge < -0.3 is 14.5 Å². The van der Waals surface area contributed by atoms with Crippen LogP contribution in [-0.4, -0.2) is 53.9 Å². The SMILES string of the molecule is O=C(CC1Cc2ccccc2C2(CCN(C(=O)C3CCC3)CC2)O1)N1CCC1. The number of fused-ring (bicyclic) bond motifs is 2. The largest absolute Gasteiger partial charge is 0.366 e. The predicted octanol–water partition coefficient (Wildman–Crippen LogP) is 2.87. The average molecular weight is 383 g/mol. The lowest BCUT2D eigenvalue weighted by Crippen LogP contribution is -2.52. The maximum absolute atomic E-state index is 12.7. The molecule has 1 aromatic carbocycles. The molecule has 150 valence electrons. The van der Waals surface area contributed by atoms with Crippen LogP contribution in [0.15, 0.2) is 24.3 Å². The number of rotatable bonds is 3. The number of hydrogen-bond donors (Lipinski definition) is 0. The van der Waals surface area contributed by atoms with Gasteiger partial charge in [0.25, 0.3) is 0 Å². The van der Waals surface area contributed by atoms with E-state index in [0.29, 0.717) is 12.3 Å². The van der Waals surface area contributed by atoms with Gasteiger partial charge in [0.1, 0.15) is 0 Å². The number of nitrogens with zero attached hydrogens (tertiary/aromatic N) is 2. The van der Waals surface area contributed by atoms with Crippen LogP contribution in [0.3, 0.4) is 0 Å². The Bertz CT molecular complexity index is 761. The highest BCUT2D eigenvalue weighted by molar-refractivity contribution is 5.79. The number of piperidine rings is 1. The molecule has 5 rings (SSSR count). The van der Waals surface area contributed by atoms with Crippen LogP contribution in [0.4, 0.5) is 0 Å². The van der Waals surface area contributed by atoms with E-state index in [1.54, 1.807) is 0 Å². The molecule has 4 aliphatic rings. The zero-order valence-electron chi connectivity index (χ0n) is 16.6. The van der Waals surface area contributed by atoms with Crippen molar-refractivity contribution in [2.75, 3.05) is 26.2 Å². The fraction of sp³-hybridized carbons (Fsp3) is 0.652. The van der Waals surface area contributed by atoms with Gasteiger partial charge >= 0.3 is 0 Å². The van der Waals surface area contributed by atoms with Crippen molar-refractivity contribution < 1.29 is 14.3 Å². The monoisotopic (exact) mass is 382 g/mol. The second-order valence-electron chi connectivity index (χ2n) is 8.99. The van der Waals surface area contributed by atoms with E-state index in [1.165, 1.54) is 17.5 Å². The van der Waals surface area contributed by atoms with Crippen LogP contribution in [0.2, 0.25) is 0 Å². The molecule has 1 unspecified atom stereocenters. The van der Waals surface area contributed by atoms with Crippen LogP contribution in [-0.2, 0) is 26.3 Å². The fourth-order valence-electron chi connectivity index (χ4n) is 5.20. The summed E-state index contributed by atoms with van der Waals surface area (Å²) in [6, 6.07) is 8.54. The Kier molecular flexibility index (Phi) is 4.66. The van der Waals surface area contributed by atoms with Crippen LogP contribution in [0.25, 0.3) is 0 Å². The molecule has 3 aliphatic heterocycles. The molecule has 0 N–H and O–H groups in total. The van der Waals surface area contributed by atoms with Gasteiger partial charge in [-0.05, 0) is 49.7 Å². The second-order valence-corrected chi connectivity index (χ2v) is 8.99. The third-order valence-corrected chi connectivity index (χ3v) is 7.30. The highest BCUT2D eigenvalue weighted by Crippen LogP contribution is 2.44. The molecule has 1 aliphatic carbocycles. The first-order valence-corrected chi connectivity index (χ1v) is 11.0. The lowest BCUT2D eigenvalue weighted by Gasteiger charge is -2.48. The topological polar surface area (TPSA) is 49.9 Å². The zero-order chi connectivity index (χ0) is 19.1. The number of carbonyl (C=O) groups is 2. The first-order chi connectivity index (χ1) is 13.6. The third-order valence-electron chi connectivity index (χ3n) is 7.30. The summed E-state index contributed by atoms with van der Waals surface area (Å²) in [7, 11) is 0. The van der Waals surface area contributed by atoms with E-state index >= 15 is 0 Å². The minimum absolute atomic E-state index is 0.0584. The summed E-state index contributed by atoms with van der Waals surface area (Å²) in [5.74, 6) is 0.827. The molecule has 0 radical (unpaired) electrons. The molecule has 1 aromatic rings. The number of likely N-dealkylation sites (tertiary alicyclic amines) is 2. The molecular formula is C23H30N2O3. The summed E-state index contributed by atoms with van der Waals surface area (Å²) in [6.07, 6.45) is 7.31. The molecule has 1 atom stereocenters. The summed E-state index contributed by atoms with van der Waals surface area (Å²) in [4.78, 5) is 29.2. The molecule has 3 fully saturated rings. The first kappa shape index (κ1) is 18.2. The Labute approximate surface area is 167 Å². The van der Waals surface area contributed by atoms with Crippen LogP contribution in [0, 0.1) is 5.92 Å². The zero-order valence-corrected chi connectivity index (χ0v) is 16.6. The number of hydrogen-bond acceptors (Lipinski definition) is 3.